The van der Waals surface area contributed by atoms with Crippen LogP contribution in [0.3, 0.4) is 0 Å². The Labute approximate surface area is 85.1 Å². The van der Waals surface area contributed by atoms with E-state index in [1.54, 1.807) is 0 Å². The number of fused-ring (bicyclic) bond motifs is 1. The molecule has 2 heterocycles. The summed E-state index contributed by atoms with van der Waals surface area (Å²) in [6.07, 6.45) is 5.33. The van der Waals surface area contributed by atoms with Gasteiger partial charge in [-0.3, -0.25) is 9.69 Å². The Hall–Kier alpha value is -0.570. The Morgan fingerprint density at radius 2 is 2.00 bits per heavy atom. The minimum atomic E-state index is -0.596. The molecule has 0 bridgehead atoms. The molecule has 2 fully saturated rings. The van der Waals surface area contributed by atoms with E-state index in [9.17, 15) is 9.90 Å². The van der Waals surface area contributed by atoms with Gasteiger partial charge < -0.3 is 5.11 Å². The average molecular weight is 197 g/mol. The predicted molar refractivity (Wildman–Crippen MR) is 54.2 cm³/mol. The Morgan fingerprint density at radius 3 is 2.43 bits per heavy atom. The second kappa shape index (κ2) is 3.54. The molecule has 3 heteroatoms. The van der Waals surface area contributed by atoms with E-state index in [-0.39, 0.29) is 11.5 Å². The third-order valence-corrected chi connectivity index (χ3v) is 4.06. The second-order valence-corrected chi connectivity index (χ2v) is 4.60. The van der Waals surface area contributed by atoms with Crippen molar-refractivity contribution in [3.05, 3.63) is 0 Å². The van der Waals surface area contributed by atoms with Crippen molar-refractivity contribution in [1.29, 1.82) is 0 Å². The highest BCUT2D eigenvalue weighted by atomic mass is 16.4. The highest BCUT2D eigenvalue weighted by Gasteiger charge is 2.51. The van der Waals surface area contributed by atoms with Gasteiger partial charge in [-0.05, 0) is 45.2 Å². The molecule has 2 rings (SSSR count). The Balaban J connectivity index is 2.24. The van der Waals surface area contributed by atoms with E-state index in [2.05, 4.69) is 4.90 Å². The van der Waals surface area contributed by atoms with Crippen LogP contribution in [-0.4, -0.2) is 34.6 Å². The lowest BCUT2D eigenvalue weighted by Gasteiger charge is -2.37. The first-order valence-corrected chi connectivity index (χ1v) is 5.68. The maximum absolute atomic E-state index is 11.2. The quantitative estimate of drug-likeness (QED) is 0.749. The topological polar surface area (TPSA) is 40.5 Å². The molecule has 0 aromatic carbocycles. The molecule has 1 unspecified atom stereocenters. The number of nitrogens with zero attached hydrogens (tertiary/aromatic N) is 1. The normalized spacial score (nSPS) is 27.5. The molecule has 0 spiro atoms. The number of rotatable bonds is 3. The van der Waals surface area contributed by atoms with Crippen LogP contribution in [0.5, 0.6) is 0 Å². The zero-order chi connectivity index (χ0) is 10.2. The Bertz CT molecular complexity index is 229. The maximum Gasteiger partial charge on any atom is 0.308 e. The highest BCUT2D eigenvalue weighted by molar-refractivity contribution is 5.72. The second-order valence-electron chi connectivity index (χ2n) is 4.60. The molecule has 2 aliphatic rings. The van der Waals surface area contributed by atoms with Gasteiger partial charge in [0.25, 0.3) is 0 Å². The number of hydrogen-bond acceptors (Lipinski definition) is 2. The Kier molecular flexibility index (Phi) is 2.52. The van der Waals surface area contributed by atoms with Crippen molar-refractivity contribution in [1.82, 2.24) is 4.90 Å². The molecule has 14 heavy (non-hydrogen) atoms. The summed E-state index contributed by atoms with van der Waals surface area (Å²) in [7, 11) is 0. The fourth-order valence-corrected chi connectivity index (χ4v) is 3.50. The number of carbonyl (C=O) groups is 1. The predicted octanol–water partition coefficient (Wildman–Crippen LogP) is 1.73. The molecule has 3 nitrogen and oxygen atoms in total. The highest BCUT2D eigenvalue weighted by Crippen LogP contribution is 2.45. The maximum atomic E-state index is 11.2. The summed E-state index contributed by atoms with van der Waals surface area (Å²) in [6, 6.07) is 0. The summed E-state index contributed by atoms with van der Waals surface area (Å²) in [4.78, 5) is 13.7. The van der Waals surface area contributed by atoms with Crippen LogP contribution in [0.4, 0.5) is 0 Å². The zero-order valence-corrected chi connectivity index (χ0v) is 8.83. The zero-order valence-electron chi connectivity index (χ0n) is 8.83. The van der Waals surface area contributed by atoms with E-state index in [1.807, 2.05) is 6.92 Å². The molecule has 0 amide bonds. The van der Waals surface area contributed by atoms with Gasteiger partial charge in [0.2, 0.25) is 0 Å². The van der Waals surface area contributed by atoms with E-state index in [1.165, 1.54) is 12.8 Å². The van der Waals surface area contributed by atoms with Crippen molar-refractivity contribution in [3.63, 3.8) is 0 Å². The van der Waals surface area contributed by atoms with Gasteiger partial charge in [0, 0.05) is 5.54 Å². The Morgan fingerprint density at radius 1 is 1.43 bits per heavy atom. The third-order valence-electron chi connectivity index (χ3n) is 4.06. The van der Waals surface area contributed by atoms with Gasteiger partial charge in [-0.25, -0.2) is 0 Å². The van der Waals surface area contributed by atoms with E-state index < -0.39 is 5.97 Å². The number of carboxylic acid groups (broad SMARTS) is 1. The van der Waals surface area contributed by atoms with E-state index >= 15 is 0 Å². The summed E-state index contributed by atoms with van der Waals surface area (Å²) in [5.74, 6) is -0.742. The molecular weight excluding hydrogens is 178 g/mol. The van der Waals surface area contributed by atoms with Crippen LogP contribution in [0.2, 0.25) is 0 Å². The smallest absolute Gasteiger partial charge is 0.308 e. The molecule has 1 N–H and O–H groups in total. The van der Waals surface area contributed by atoms with Crippen LogP contribution < -0.4 is 0 Å². The first-order valence-electron chi connectivity index (χ1n) is 5.68. The first kappa shape index (κ1) is 9.97. The molecule has 0 aromatic heterocycles. The monoisotopic (exact) mass is 197 g/mol. The number of hydrogen-bond donors (Lipinski definition) is 1. The van der Waals surface area contributed by atoms with Gasteiger partial charge in [-0.2, -0.15) is 0 Å². The van der Waals surface area contributed by atoms with Gasteiger partial charge in [0.05, 0.1) is 5.92 Å². The fraction of sp³-hybridized carbons (Fsp3) is 0.909. The van der Waals surface area contributed by atoms with Gasteiger partial charge in [0.1, 0.15) is 0 Å². The van der Waals surface area contributed by atoms with E-state index in [0.717, 1.165) is 32.4 Å². The van der Waals surface area contributed by atoms with Crippen molar-refractivity contribution in [2.75, 3.05) is 13.1 Å². The largest absolute Gasteiger partial charge is 0.481 e. The molecule has 2 saturated heterocycles. The lowest BCUT2D eigenvalue weighted by Crippen LogP contribution is -2.48. The van der Waals surface area contributed by atoms with Crippen LogP contribution in [0, 0.1) is 5.92 Å². The van der Waals surface area contributed by atoms with Gasteiger partial charge in [-0.15, -0.1) is 0 Å². The summed E-state index contributed by atoms with van der Waals surface area (Å²) in [6.45, 7) is 4.23. The minimum Gasteiger partial charge on any atom is -0.481 e. The van der Waals surface area contributed by atoms with Crippen LogP contribution in [0.15, 0.2) is 0 Å². The molecular formula is C11H19NO2. The SMILES string of the molecule is CCC(C(=O)O)C12CCCN1CCC2. The lowest BCUT2D eigenvalue weighted by molar-refractivity contribution is -0.146. The summed E-state index contributed by atoms with van der Waals surface area (Å²) < 4.78 is 0. The molecule has 0 saturated carbocycles. The molecule has 80 valence electrons. The van der Waals surface area contributed by atoms with Crippen molar-refractivity contribution >= 4 is 5.97 Å². The fourth-order valence-electron chi connectivity index (χ4n) is 3.50. The molecule has 2 aliphatic heterocycles. The standard InChI is InChI=1S/C11H19NO2/c1-2-9(10(13)14)11-5-3-7-12(11)8-4-6-11/h9H,2-8H2,1H3,(H,13,14). The van der Waals surface area contributed by atoms with Crippen molar-refractivity contribution < 1.29 is 9.90 Å². The average Bonchev–Trinajstić information content (AvgIpc) is 2.62. The first-order chi connectivity index (χ1) is 6.70. The summed E-state index contributed by atoms with van der Waals surface area (Å²) >= 11 is 0. The molecule has 0 aromatic rings. The molecule has 1 atom stereocenters. The molecule has 0 aliphatic carbocycles. The van der Waals surface area contributed by atoms with Crippen molar-refractivity contribution in [2.24, 2.45) is 5.92 Å². The summed E-state index contributed by atoms with van der Waals surface area (Å²) in [5.41, 5.74) is 0.0284. The summed E-state index contributed by atoms with van der Waals surface area (Å²) in [5, 5.41) is 9.25. The van der Waals surface area contributed by atoms with Gasteiger partial charge in [0.15, 0.2) is 0 Å². The number of carboxylic acids is 1. The van der Waals surface area contributed by atoms with Crippen LogP contribution in [0.25, 0.3) is 0 Å². The van der Waals surface area contributed by atoms with Crippen molar-refractivity contribution in [3.8, 4) is 0 Å². The third kappa shape index (κ3) is 1.26. The van der Waals surface area contributed by atoms with Crippen LogP contribution >= 0.6 is 0 Å². The van der Waals surface area contributed by atoms with E-state index in [0.29, 0.717) is 0 Å². The minimum absolute atomic E-state index is 0.0284. The van der Waals surface area contributed by atoms with Gasteiger partial charge >= 0.3 is 5.97 Å². The lowest BCUT2D eigenvalue weighted by atomic mass is 9.79. The van der Waals surface area contributed by atoms with E-state index in [4.69, 9.17) is 0 Å². The van der Waals surface area contributed by atoms with Crippen LogP contribution in [-0.2, 0) is 4.79 Å². The molecule has 0 radical (unpaired) electrons. The van der Waals surface area contributed by atoms with Crippen LogP contribution in [0.1, 0.15) is 39.0 Å². The van der Waals surface area contributed by atoms with Gasteiger partial charge in [-0.1, -0.05) is 6.92 Å². The van der Waals surface area contributed by atoms with Crippen molar-refractivity contribution in [2.45, 2.75) is 44.6 Å². The number of aliphatic carboxylic acids is 1.